The second-order valence-corrected chi connectivity index (χ2v) is 15.4. The fourth-order valence-electron chi connectivity index (χ4n) is 7.76. The highest BCUT2D eigenvalue weighted by atomic mass is 16.7. The Morgan fingerprint density at radius 1 is 1.07 bits per heavy atom. The van der Waals surface area contributed by atoms with E-state index in [1.54, 1.807) is 21.0 Å². The van der Waals surface area contributed by atoms with Gasteiger partial charge in [-0.05, 0) is 99.8 Å². The molecular formula is C34H65N3O8. The molecule has 0 radical (unpaired) electrons. The van der Waals surface area contributed by atoms with Crippen molar-refractivity contribution in [2.45, 2.75) is 135 Å². The van der Waals surface area contributed by atoms with Crippen LogP contribution in [0.5, 0.6) is 0 Å². The fraction of sp³-hybridized carbons (Fsp3) is 0.971. The molecule has 3 saturated heterocycles. The number of cyclic esters (lactones) is 1. The van der Waals surface area contributed by atoms with Crippen molar-refractivity contribution in [1.82, 2.24) is 14.7 Å². The molecule has 0 aromatic carbocycles. The Hall–Kier alpha value is -0.890. The molecule has 11 heteroatoms. The third-order valence-electron chi connectivity index (χ3n) is 10.8. The van der Waals surface area contributed by atoms with Gasteiger partial charge in [-0.3, -0.25) is 9.69 Å². The molecule has 3 N–H and O–H groups in total. The number of likely N-dealkylation sites (N-methyl/N-ethyl adjacent to an activating group) is 2. The normalized spacial score (nSPS) is 40.4. The van der Waals surface area contributed by atoms with Gasteiger partial charge in [-0.1, -0.05) is 13.8 Å². The van der Waals surface area contributed by atoms with Crippen molar-refractivity contribution in [2.24, 2.45) is 17.3 Å². The van der Waals surface area contributed by atoms with Crippen LogP contribution >= 0.6 is 0 Å². The minimum atomic E-state index is -1.22. The monoisotopic (exact) mass is 643 g/mol. The molecule has 0 bridgehead atoms. The number of methoxy groups -OCH3 is 1. The molecule has 0 aromatic heterocycles. The topological polar surface area (TPSA) is 124 Å². The van der Waals surface area contributed by atoms with Crippen molar-refractivity contribution >= 4 is 5.97 Å². The van der Waals surface area contributed by atoms with E-state index in [9.17, 15) is 20.1 Å². The zero-order valence-corrected chi connectivity index (χ0v) is 29.8. The minimum Gasteiger partial charge on any atom is -0.464 e. The Labute approximate surface area is 272 Å². The first kappa shape index (κ1) is 38.6. The summed E-state index contributed by atoms with van der Waals surface area (Å²) in [6.45, 7) is 15.3. The zero-order chi connectivity index (χ0) is 33.7. The SMILES string of the molecule is CO[C@]1(C)C[C@@H](C)CN(C)[C@@H](CCCN2CCC(O)CC2)COC(=O)C(C)(C)C(O)[C@H](C)[C@H]1O[C@@H]1O[C@H](C)C[C@H](N(C)C)[C@H]1O. The van der Waals surface area contributed by atoms with Crippen molar-refractivity contribution in [3.8, 4) is 0 Å². The van der Waals surface area contributed by atoms with Crippen LogP contribution in [0.4, 0.5) is 0 Å². The number of piperidine rings is 1. The van der Waals surface area contributed by atoms with Crippen LogP contribution in [-0.4, -0.2) is 152 Å². The Balaban J connectivity index is 1.86. The first-order valence-electron chi connectivity index (χ1n) is 17.2. The van der Waals surface area contributed by atoms with Crippen LogP contribution in [-0.2, 0) is 23.7 Å². The molecule has 3 rings (SSSR count). The van der Waals surface area contributed by atoms with Crippen molar-refractivity contribution in [3.05, 3.63) is 0 Å². The third-order valence-corrected chi connectivity index (χ3v) is 10.8. The maximum atomic E-state index is 13.6. The van der Waals surface area contributed by atoms with Crippen molar-refractivity contribution in [3.63, 3.8) is 0 Å². The summed E-state index contributed by atoms with van der Waals surface area (Å²) in [5.41, 5.74) is -2.08. The quantitative estimate of drug-likeness (QED) is 0.338. The molecular weight excluding hydrogens is 578 g/mol. The standard InChI is InChI=1S/C34H65N3O8/c1-22-19-34(6,42-10)30(45-31-28(39)27(35(7)8)18-23(2)44-31)24(3)29(40)33(4,5)32(41)43-21-25(36(9)20-22)12-11-15-37-16-13-26(38)14-17-37/h22-31,38-40H,11-21H2,1-10H3/t22-,23-,24+,25+,27+,28-,29?,30-,31+,34-/m1/s1. The molecule has 1 unspecified atom stereocenters. The predicted octanol–water partition coefficient (Wildman–Crippen LogP) is 2.35. The summed E-state index contributed by atoms with van der Waals surface area (Å²) < 4.78 is 25.1. The molecule has 264 valence electrons. The molecule has 3 aliphatic rings. The summed E-state index contributed by atoms with van der Waals surface area (Å²) in [6, 6.07) is -0.131. The van der Waals surface area contributed by atoms with Crippen LogP contribution in [0.2, 0.25) is 0 Å². The second kappa shape index (κ2) is 16.5. The molecule has 0 saturated carbocycles. The van der Waals surface area contributed by atoms with Crippen LogP contribution in [0.3, 0.4) is 0 Å². The van der Waals surface area contributed by atoms with Gasteiger partial charge in [0, 0.05) is 44.7 Å². The number of hydrogen-bond acceptors (Lipinski definition) is 11. The maximum Gasteiger partial charge on any atom is 0.314 e. The minimum absolute atomic E-state index is 0.0222. The molecule has 3 aliphatic heterocycles. The number of aliphatic hydroxyl groups excluding tert-OH is 3. The van der Waals surface area contributed by atoms with Gasteiger partial charge in [-0.25, -0.2) is 0 Å². The summed E-state index contributed by atoms with van der Waals surface area (Å²) in [7, 11) is 7.62. The van der Waals surface area contributed by atoms with Crippen molar-refractivity contribution in [1.29, 1.82) is 0 Å². The van der Waals surface area contributed by atoms with Crippen LogP contribution in [0.1, 0.15) is 80.1 Å². The summed E-state index contributed by atoms with van der Waals surface area (Å²) in [5.74, 6) is -0.838. The number of carbonyl (C=O) groups excluding carboxylic acids is 1. The Morgan fingerprint density at radius 3 is 2.31 bits per heavy atom. The first-order chi connectivity index (χ1) is 21.0. The van der Waals surface area contributed by atoms with Crippen molar-refractivity contribution in [2.75, 3.05) is 61.0 Å². The average molecular weight is 644 g/mol. The van der Waals surface area contributed by atoms with Gasteiger partial charge in [0.15, 0.2) is 6.29 Å². The zero-order valence-electron chi connectivity index (χ0n) is 29.8. The van der Waals surface area contributed by atoms with E-state index < -0.39 is 47.5 Å². The summed E-state index contributed by atoms with van der Waals surface area (Å²) >= 11 is 0. The van der Waals surface area contributed by atoms with E-state index in [0.29, 0.717) is 12.8 Å². The lowest BCUT2D eigenvalue weighted by molar-refractivity contribution is -0.302. The number of carbonyl (C=O) groups is 1. The van der Waals surface area contributed by atoms with E-state index in [4.69, 9.17) is 18.9 Å². The lowest BCUT2D eigenvalue weighted by Crippen LogP contribution is -2.60. The first-order valence-corrected chi connectivity index (χ1v) is 17.2. The predicted molar refractivity (Wildman–Crippen MR) is 174 cm³/mol. The third kappa shape index (κ3) is 9.83. The highest BCUT2D eigenvalue weighted by molar-refractivity contribution is 5.76. The van der Waals surface area contributed by atoms with E-state index in [1.165, 1.54) is 0 Å². The number of aliphatic hydroxyl groups is 3. The molecule has 45 heavy (non-hydrogen) atoms. The van der Waals surface area contributed by atoms with Crippen LogP contribution in [0.15, 0.2) is 0 Å². The molecule has 3 heterocycles. The second-order valence-electron chi connectivity index (χ2n) is 15.4. The number of esters is 1. The Morgan fingerprint density at radius 2 is 1.71 bits per heavy atom. The summed E-state index contributed by atoms with van der Waals surface area (Å²) in [6.07, 6.45) is 0.794. The summed E-state index contributed by atoms with van der Waals surface area (Å²) in [5, 5.41) is 33.0. The molecule has 10 atom stereocenters. The molecule has 0 aliphatic carbocycles. The van der Waals surface area contributed by atoms with Crippen LogP contribution < -0.4 is 0 Å². The largest absolute Gasteiger partial charge is 0.464 e. The smallest absolute Gasteiger partial charge is 0.314 e. The molecule has 0 aromatic rings. The van der Waals surface area contributed by atoms with E-state index >= 15 is 0 Å². The highest BCUT2D eigenvalue weighted by Gasteiger charge is 2.51. The number of likely N-dealkylation sites (tertiary alicyclic amines) is 1. The van der Waals surface area contributed by atoms with Gasteiger partial charge < -0.3 is 44.1 Å². The van der Waals surface area contributed by atoms with Gasteiger partial charge in [0.05, 0.1) is 35.4 Å². The fourth-order valence-corrected chi connectivity index (χ4v) is 7.76. The summed E-state index contributed by atoms with van der Waals surface area (Å²) in [4.78, 5) is 20.3. The van der Waals surface area contributed by atoms with Gasteiger partial charge in [-0.2, -0.15) is 0 Å². The molecule has 11 nitrogen and oxygen atoms in total. The number of nitrogens with zero attached hydrogens (tertiary/aromatic N) is 3. The Kier molecular flexibility index (Phi) is 14.1. The molecule has 0 spiro atoms. The van der Waals surface area contributed by atoms with Gasteiger partial charge in [0.2, 0.25) is 0 Å². The van der Waals surface area contributed by atoms with Crippen molar-refractivity contribution < 1.29 is 39.1 Å². The van der Waals surface area contributed by atoms with Gasteiger partial charge >= 0.3 is 5.97 Å². The van der Waals surface area contributed by atoms with Crippen LogP contribution in [0.25, 0.3) is 0 Å². The highest BCUT2D eigenvalue weighted by Crippen LogP contribution is 2.40. The van der Waals surface area contributed by atoms with Crippen LogP contribution in [0, 0.1) is 17.3 Å². The number of ether oxygens (including phenoxy) is 4. The van der Waals surface area contributed by atoms with E-state index in [-0.39, 0.29) is 36.8 Å². The van der Waals surface area contributed by atoms with E-state index in [1.807, 2.05) is 39.8 Å². The number of rotatable bonds is 8. The average Bonchev–Trinajstić information content (AvgIpc) is 2.98. The van der Waals surface area contributed by atoms with Gasteiger partial charge in [0.25, 0.3) is 0 Å². The molecule has 3 fully saturated rings. The van der Waals surface area contributed by atoms with Gasteiger partial charge in [-0.15, -0.1) is 0 Å². The van der Waals surface area contributed by atoms with E-state index in [0.717, 1.165) is 51.9 Å². The Bertz CT molecular complexity index is 916. The maximum absolute atomic E-state index is 13.6. The van der Waals surface area contributed by atoms with Gasteiger partial charge in [0.1, 0.15) is 12.7 Å². The lowest BCUT2D eigenvalue weighted by atomic mass is 9.73. The lowest BCUT2D eigenvalue weighted by Gasteiger charge is -2.48. The van der Waals surface area contributed by atoms with E-state index in [2.05, 4.69) is 23.8 Å². The molecule has 0 amide bonds. The number of hydrogen-bond donors (Lipinski definition) is 3.